The molecule has 0 amide bonds. The molecule has 0 saturated carbocycles. The number of sulfonamides is 1. The molecule has 0 bridgehead atoms. The van der Waals surface area contributed by atoms with E-state index in [1.54, 1.807) is 18.5 Å². The first-order chi connectivity index (χ1) is 22.2. The summed E-state index contributed by atoms with van der Waals surface area (Å²) in [6, 6.07) is 17.6. The van der Waals surface area contributed by atoms with Gasteiger partial charge in [0.25, 0.3) is 10.0 Å². The molecule has 0 aliphatic carbocycles. The highest BCUT2D eigenvalue weighted by molar-refractivity contribution is 7.92. The molecule has 1 aliphatic rings. The number of rotatable bonds is 9. The Bertz CT molecular complexity index is 2110. The molecule has 6 rings (SSSR count). The molecule has 0 atom stereocenters. The minimum Gasteiger partial charge on any atom is -0.323 e. The van der Waals surface area contributed by atoms with Crippen LogP contribution in [0, 0.1) is 17.5 Å². The van der Waals surface area contributed by atoms with E-state index in [-0.39, 0.29) is 17.2 Å². The molecular weight excluding hydrogens is 634 g/mol. The highest BCUT2D eigenvalue weighted by atomic mass is 32.2. The van der Waals surface area contributed by atoms with Crippen molar-refractivity contribution in [3.8, 4) is 32.4 Å². The lowest BCUT2D eigenvalue weighted by atomic mass is 10.1. The maximum Gasteiger partial charge on any atom is 0.267 e. The summed E-state index contributed by atoms with van der Waals surface area (Å²) in [5.41, 5.74) is 2.73. The van der Waals surface area contributed by atoms with Crippen molar-refractivity contribution in [2.75, 3.05) is 10.0 Å². The molecule has 0 unspecified atom stereocenters. The lowest BCUT2D eigenvalue weighted by Crippen LogP contribution is -2.17. The molecule has 46 heavy (non-hydrogen) atoms. The number of thiazole rings is 1. The average molecular weight is 659 g/mol. The van der Waals surface area contributed by atoms with Gasteiger partial charge < -0.3 is 5.32 Å². The monoisotopic (exact) mass is 658 g/mol. The lowest BCUT2D eigenvalue weighted by molar-refractivity contribution is 0.521. The lowest BCUT2D eigenvalue weighted by Gasteiger charge is -2.12. The van der Waals surface area contributed by atoms with Gasteiger partial charge in [-0.15, -0.1) is 11.3 Å². The van der Waals surface area contributed by atoms with Gasteiger partial charge in [-0.1, -0.05) is 55.5 Å². The molecule has 1 aliphatic heterocycles. The second-order valence-electron chi connectivity index (χ2n) is 10.1. The number of benzene rings is 3. The normalized spacial score (nSPS) is 13.1. The molecule has 0 spiro atoms. The largest absolute Gasteiger partial charge is 0.323 e. The van der Waals surface area contributed by atoms with E-state index in [2.05, 4.69) is 27.2 Å². The van der Waals surface area contributed by atoms with Crippen LogP contribution in [0.4, 0.5) is 24.8 Å². The van der Waals surface area contributed by atoms with Gasteiger partial charge in [-0.2, -0.15) is 0 Å². The first kappa shape index (κ1) is 30.9. The van der Waals surface area contributed by atoms with Crippen LogP contribution in [-0.2, 0) is 10.0 Å². The highest BCUT2D eigenvalue weighted by Crippen LogP contribution is 2.42. The highest BCUT2D eigenvalue weighted by Gasteiger charge is 2.27. The Morgan fingerprint density at radius 1 is 0.913 bits per heavy atom. The quantitative estimate of drug-likeness (QED) is 0.165. The van der Waals surface area contributed by atoms with E-state index in [9.17, 15) is 17.2 Å². The zero-order chi connectivity index (χ0) is 32.3. The molecule has 5 aromatic rings. The van der Waals surface area contributed by atoms with Crippen molar-refractivity contribution >= 4 is 39.2 Å². The van der Waals surface area contributed by atoms with Gasteiger partial charge in [0.2, 0.25) is 5.95 Å². The molecule has 3 heterocycles. The van der Waals surface area contributed by atoms with Crippen LogP contribution in [-0.4, -0.2) is 29.6 Å². The average Bonchev–Trinajstić information content (AvgIpc) is 3.36. The smallest absolute Gasteiger partial charge is 0.267 e. The van der Waals surface area contributed by atoms with Crippen molar-refractivity contribution in [1.29, 1.82) is 0 Å². The number of aliphatic imine (C=N–C) groups is 1. The zero-order valence-electron chi connectivity index (χ0n) is 24.2. The Balaban J connectivity index is 1.41. The topological polar surface area (TPSA) is 109 Å². The summed E-state index contributed by atoms with van der Waals surface area (Å²) < 4.78 is 72.8. The number of nitrogens with zero attached hydrogens (tertiary/aromatic N) is 4. The molecule has 13 heteroatoms. The van der Waals surface area contributed by atoms with Crippen LogP contribution >= 0.6 is 11.3 Å². The maximum atomic E-state index is 16.2. The summed E-state index contributed by atoms with van der Waals surface area (Å²) in [7, 11) is -4.83. The molecule has 2 aromatic heterocycles. The fourth-order valence-electron chi connectivity index (χ4n) is 4.67. The van der Waals surface area contributed by atoms with Crippen LogP contribution in [0.1, 0.15) is 19.8 Å². The van der Waals surface area contributed by atoms with E-state index in [1.165, 1.54) is 29.0 Å². The Morgan fingerprint density at radius 3 is 2.43 bits per heavy atom. The second-order valence-corrected chi connectivity index (χ2v) is 12.7. The van der Waals surface area contributed by atoms with Crippen LogP contribution in [0.2, 0.25) is 0 Å². The number of hydrogen-bond donors (Lipinski definition) is 2. The van der Waals surface area contributed by atoms with Gasteiger partial charge in [0.05, 0.1) is 33.9 Å². The second kappa shape index (κ2) is 13.1. The number of nitrogens with one attached hydrogen (secondary N) is 2. The maximum absolute atomic E-state index is 16.2. The molecular formula is C33H25F3N6O2S2. The summed E-state index contributed by atoms with van der Waals surface area (Å²) >= 11 is 1.27. The predicted molar refractivity (Wildman–Crippen MR) is 174 cm³/mol. The molecule has 2 N–H and O–H groups in total. The van der Waals surface area contributed by atoms with Gasteiger partial charge >= 0.3 is 0 Å². The number of aromatic nitrogens is 3. The zero-order valence-corrected chi connectivity index (χ0v) is 25.8. The van der Waals surface area contributed by atoms with Crippen LogP contribution in [0.25, 0.3) is 32.4 Å². The summed E-state index contributed by atoms with van der Waals surface area (Å²) in [5.74, 6) is -3.32. The first-order valence-corrected chi connectivity index (χ1v) is 16.4. The van der Waals surface area contributed by atoms with Crippen LogP contribution in [0.5, 0.6) is 0 Å². The Labute approximate surface area is 267 Å². The van der Waals surface area contributed by atoms with E-state index in [0.717, 1.165) is 42.7 Å². The Morgan fingerprint density at radius 2 is 1.67 bits per heavy atom. The number of allylic oxidation sites excluding steroid dienone is 3. The number of anilines is 2. The molecule has 0 fully saturated rings. The Kier molecular flexibility index (Phi) is 8.77. The third kappa shape index (κ3) is 6.46. The first-order valence-electron chi connectivity index (χ1n) is 14.1. The van der Waals surface area contributed by atoms with Gasteiger partial charge in [-0.05, 0) is 48.7 Å². The minimum absolute atomic E-state index is 0.0486. The van der Waals surface area contributed by atoms with Crippen LogP contribution in [0.15, 0.2) is 112 Å². The van der Waals surface area contributed by atoms with Crippen molar-refractivity contribution in [1.82, 2.24) is 15.0 Å². The van der Waals surface area contributed by atoms with Crippen LogP contribution < -0.4 is 10.0 Å². The summed E-state index contributed by atoms with van der Waals surface area (Å²) in [6.07, 6.45) is 8.66. The van der Waals surface area contributed by atoms with Gasteiger partial charge in [-0.3, -0.25) is 9.71 Å². The van der Waals surface area contributed by atoms with E-state index in [4.69, 9.17) is 4.98 Å². The third-order valence-electron chi connectivity index (χ3n) is 6.99. The SMILES string of the molecule is CCC1=CN=CC(Nc2nccc(-c3sc(-c4ccccc4)nc3-c3cccc(NS(=O)(=O)c4c(F)cccc4F)c3F)n2)=CC1. The summed E-state index contributed by atoms with van der Waals surface area (Å²) in [6.45, 7) is 2.06. The van der Waals surface area contributed by atoms with Gasteiger partial charge in [-0.25, -0.2) is 36.5 Å². The van der Waals surface area contributed by atoms with E-state index in [0.29, 0.717) is 21.3 Å². The van der Waals surface area contributed by atoms with Gasteiger partial charge in [0.15, 0.2) is 10.7 Å². The van der Waals surface area contributed by atoms with Gasteiger partial charge in [0, 0.05) is 23.5 Å². The predicted octanol–water partition coefficient (Wildman–Crippen LogP) is 8.22. The molecule has 8 nitrogen and oxygen atoms in total. The van der Waals surface area contributed by atoms with Crippen molar-refractivity contribution in [3.63, 3.8) is 0 Å². The van der Waals surface area contributed by atoms with Crippen molar-refractivity contribution < 1.29 is 21.6 Å². The molecule has 3 aromatic carbocycles. The summed E-state index contributed by atoms with van der Waals surface area (Å²) in [4.78, 5) is 17.4. The molecule has 0 radical (unpaired) electrons. The van der Waals surface area contributed by atoms with E-state index in [1.807, 2.05) is 47.3 Å². The van der Waals surface area contributed by atoms with Gasteiger partial charge in [0.1, 0.15) is 16.6 Å². The van der Waals surface area contributed by atoms with Crippen molar-refractivity contribution in [2.45, 2.75) is 24.7 Å². The van der Waals surface area contributed by atoms with Crippen molar-refractivity contribution in [2.24, 2.45) is 4.99 Å². The molecule has 232 valence electrons. The number of hydrogen-bond acceptors (Lipinski definition) is 8. The van der Waals surface area contributed by atoms with Crippen LogP contribution in [0.3, 0.4) is 0 Å². The minimum atomic E-state index is -4.83. The van der Waals surface area contributed by atoms with E-state index >= 15 is 4.39 Å². The Hall–Kier alpha value is -5.14. The van der Waals surface area contributed by atoms with E-state index < -0.39 is 38.1 Å². The fourth-order valence-corrected chi connectivity index (χ4v) is 6.93. The van der Waals surface area contributed by atoms with Crippen molar-refractivity contribution in [3.05, 3.63) is 120 Å². The fraction of sp³-hybridized carbons (Fsp3) is 0.0909. The number of halogens is 3. The molecule has 0 saturated heterocycles. The third-order valence-corrected chi connectivity index (χ3v) is 9.53. The summed E-state index contributed by atoms with van der Waals surface area (Å²) in [5, 5.41) is 3.74. The standard InChI is InChI=1S/C33H25F3N6O2S2/c1-2-20-14-15-22(19-37-18-20)39-33-38-17-16-27(40-33)30-29(41-32(45-30)21-8-4-3-5-9-21)23-10-6-13-26(28(23)36)42-46(43,44)31-24(34)11-7-12-25(31)35/h3-13,15-19,42H,2,14H2,1H3,(H,38,39,40).